The maximum absolute atomic E-state index is 4.41. The third kappa shape index (κ3) is 9.26. The zero-order chi connectivity index (χ0) is 27.8. The number of thiazole rings is 2. The molecule has 2 aromatic heterocycles. The molecule has 0 unspecified atom stereocenters. The lowest BCUT2D eigenvalue weighted by molar-refractivity contribution is -0.654. The minimum atomic E-state index is 0. The third-order valence-electron chi connectivity index (χ3n) is 6.69. The van der Waals surface area contributed by atoms with Crippen molar-refractivity contribution in [2.75, 3.05) is 37.0 Å². The van der Waals surface area contributed by atoms with Gasteiger partial charge in [-0.15, -0.1) is 0 Å². The molecule has 0 bridgehead atoms. The molecule has 0 amide bonds. The van der Waals surface area contributed by atoms with Crippen molar-refractivity contribution in [3.63, 3.8) is 0 Å². The van der Waals surface area contributed by atoms with Gasteiger partial charge in [0.1, 0.15) is 23.8 Å². The van der Waals surface area contributed by atoms with Gasteiger partial charge in [0.25, 0.3) is 0 Å². The van der Waals surface area contributed by atoms with E-state index in [1.54, 1.807) is 22.7 Å². The summed E-state index contributed by atoms with van der Waals surface area (Å²) >= 11 is 3.16. The average Bonchev–Trinajstić information content (AvgIpc) is 3.52. The molecule has 10 heteroatoms. The van der Waals surface area contributed by atoms with Crippen molar-refractivity contribution < 1.29 is 9.13 Å². The highest BCUT2D eigenvalue weighted by Gasteiger charge is 2.11. The number of aryl methyl sites for hydroxylation is 4. The van der Waals surface area contributed by atoms with E-state index in [1.807, 2.05) is 58.5 Å². The van der Waals surface area contributed by atoms with Crippen LogP contribution >= 0.6 is 22.7 Å². The highest BCUT2D eigenvalue weighted by molar-refractivity contribution is 7.13. The summed E-state index contributed by atoms with van der Waals surface area (Å²) in [6, 6.07) is 12.6. The Morgan fingerprint density at radius 3 is 1.39 bits per heavy atom. The number of hydrogen-bond acceptors (Lipinski definition) is 8. The number of rotatable bonds is 12. The Morgan fingerprint density at radius 1 is 0.634 bits per heavy atom. The molecule has 0 saturated carbocycles. The second-order valence-corrected chi connectivity index (χ2v) is 11.6. The Hall–Kier alpha value is -3.50. The quantitative estimate of drug-likeness (QED) is 0.0716. The van der Waals surface area contributed by atoms with Gasteiger partial charge in [0.05, 0.1) is 24.3 Å². The Kier molecular flexibility index (Phi) is 13.2. The first-order chi connectivity index (χ1) is 18.8. The van der Waals surface area contributed by atoms with Crippen LogP contribution in [-0.2, 0) is 14.1 Å². The van der Waals surface area contributed by atoms with E-state index in [9.17, 15) is 0 Å². The molecule has 0 fully saturated rings. The summed E-state index contributed by atoms with van der Waals surface area (Å²) in [7, 11) is 8.29. The fourth-order valence-electron chi connectivity index (χ4n) is 4.42. The molecule has 0 aliphatic carbocycles. The van der Waals surface area contributed by atoms with Crippen molar-refractivity contribution in [3.05, 3.63) is 85.5 Å². The van der Waals surface area contributed by atoms with Crippen molar-refractivity contribution >= 4 is 55.7 Å². The van der Waals surface area contributed by atoms with Crippen LogP contribution in [0.15, 0.2) is 80.0 Å². The van der Waals surface area contributed by atoms with E-state index in [1.165, 1.54) is 28.9 Å². The molecule has 41 heavy (non-hydrogen) atoms. The topological polar surface area (TPSA) is 63.7 Å². The normalized spacial score (nSPS) is 11.1. The van der Waals surface area contributed by atoms with Gasteiger partial charge in [-0.3, -0.25) is 0 Å². The van der Waals surface area contributed by atoms with Crippen molar-refractivity contribution in [2.45, 2.75) is 33.1 Å². The first-order valence-electron chi connectivity index (χ1n) is 13.1. The SMILES string of the molecule is Cc1cc(N=Nc2scc[n+]2C)ccc1N(C)CCCCCN(C)c1ccc(N=Nc2scc[n+]2C)cc1C.[CH3-].[CH3-]. The van der Waals surface area contributed by atoms with Crippen LogP contribution in [0.1, 0.15) is 30.4 Å². The first kappa shape index (κ1) is 33.7. The van der Waals surface area contributed by atoms with Crippen molar-refractivity contribution in [2.24, 2.45) is 34.6 Å². The zero-order valence-corrected chi connectivity index (χ0v) is 27.3. The average molecular weight is 593 g/mol. The molecule has 0 N–H and O–H groups in total. The monoisotopic (exact) mass is 592 g/mol. The fraction of sp³-hybridized carbons (Fsp3) is 0.355. The maximum atomic E-state index is 4.41. The maximum Gasteiger partial charge on any atom is 0.408 e. The number of anilines is 2. The molecule has 0 spiro atoms. The van der Waals surface area contributed by atoms with Crippen LogP contribution < -0.4 is 18.9 Å². The second-order valence-electron chi connectivity index (χ2n) is 9.84. The van der Waals surface area contributed by atoms with Crippen LogP contribution in [0.5, 0.6) is 0 Å². The molecule has 2 aromatic carbocycles. The minimum absolute atomic E-state index is 0. The van der Waals surface area contributed by atoms with E-state index in [0.717, 1.165) is 47.6 Å². The highest BCUT2D eigenvalue weighted by atomic mass is 32.1. The molecule has 0 aliphatic heterocycles. The van der Waals surface area contributed by atoms with E-state index in [0.29, 0.717) is 0 Å². The Bertz CT molecular complexity index is 1330. The van der Waals surface area contributed by atoms with Gasteiger partial charge in [-0.05, 0) is 114 Å². The molecular weight excluding hydrogens is 549 g/mol. The zero-order valence-electron chi connectivity index (χ0n) is 25.7. The number of nitrogens with zero attached hydrogens (tertiary/aromatic N) is 8. The van der Waals surface area contributed by atoms with Crippen LogP contribution in [0.4, 0.5) is 33.0 Å². The van der Waals surface area contributed by atoms with E-state index >= 15 is 0 Å². The summed E-state index contributed by atoms with van der Waals surface area (Å²) in [5.74, 6) is 0. The summed E-state index contributed by atoms with van der Waals surface area (Å²) < 4.78 is 3.94. The number of hydrogen-bond donors (Lipinski definition) is 0. The predicted octanol–water partition coefficient (Wildman–Crippen LogP) is 8.55. The Morgan fingerprint density at radius 2 is 1.05 bits per heavy atom. The molecule has 8 nitrogen and oxygen atoms in total. The molecule has 220 valence electrons. The number of aromatic nitrogens is 2. The van der Waals surface area contributed by atoms with Crippen LogP contribution in [0.2, 0.25) is 0 Å². The first-order valence-corrected chi connectivity index (χ1v) is 14.9. The van der Waals surface area contributed by atoms with Gasteiger partial charge in [-0.2, -0.15) is 0 Å². The minimum Gasteiger partial charge on any atom is -0.374 e. The summed E-state index contributed by atoms with van der Waals surface area (Å²) in [6.45, 7) is 6.33. The smallest absolute Gasteiger partial charge is 0.374 e. The molecule has 2 heterocycles. The fourth-order valence-corrected chi connectivity index (χ4v) is 5.78. The number of benzene rings is 2. The predicted molar refractivity (Wildman–Crippen MR) is 175 cm³/mol. The molecule has 0 aliphatic rings. The van der Waals surface area contributed by atoms with Crippen LogP contribution in [-0.4, -0.2) is 27.2 Å². The van der Waals surface area contributed by atoms with Gasteiger partial charge in [0.15, 0.2) is 0 Å². The van der Waals surface area contributed by atoms with Crippen molar-refractivity contribution in [1.29, 1.82) is 0 Å². The van der Waals surface area contributed by atoms with Crippen LogP contribution in [0.3, 0.4) is 0 Å². The van der Waals surface area contributed by atoms with E-state index in [-0.39, 0.29) is 14.9 Å². The van der Waals surface area contributed by atoms with E-state index in [4.69, 9.17) is 0 Å². The van der Waals surface area contributed by atoms with Crippen molar-refractivity contribution in [3.8, 4) is 0 Å². The van der Waals surface area contributed by atoms with Gasteiger partial charge >= 0.3 is 10.3 Å². The van der Waals surface area contributed by atoms with Crippen LogP contribution in [0, 0.1) is 28.7 Å². The third-order valence-corrected chi connectivity index (χ3v) is 8.37. The standard InChI is InChI=1S/C29H38N8S2.2CH3/c1-22-20-24(30-32-28-36(5)16-18-38-28)10-12-26(22)34(3)14-8-7-9-15-35(4)27-13-11-25(21-23(27)2)31-33-29-37(6)17-19-39-29;;/h10-13,16-21H,7-9,14-15H2,1-6H3;2*1H3/q+2;2*-1. The Balaban J connectivity index is 0.00000294. The van der Waals surface area contributed by atoms with Gasteiger partial charge in [0.2, 0.25) is 0 Å². The lowest BCUT2D eigenvalue weighted by atomic mass is 10.1. The number of unbranched alkanes of at least 4 members (excludes halogenated alkanes) is 2. The lowest BCUT2D eigenvalue weighted by Crippen LogP contribution is -2.23. The molecule has 0 radical (unpaired) electrons. The highest BCUT2D eigenvalue weighted by Crippen LogP contribution is 2.28. The lowest BCUT2D eigenvalue weighted by Gasteiger charge is -2.23. The largest absolute Gasteiger partial charge is 0.408 e. The molecule has 4 aromatic rings. The van der Waals surface area contributed by atoms with E-state index < -0.39 is 0 Å². The Labute approximate surface area is 254 Å². The summed E-state index contributed by atoms with van der Waals surface area (Å²) in [5, 5.41) is 23.4. The molecule has 4 rings (SSSR count). The van der Waals surface area contributed by atoms with Gasteiger partial charge in [-0.1, -0.05) is 0 Å². The van der Waals surface area contributed by atoms with Crippen molar-refractivity contribution in [1.82, 2.24) is 0 Å². The van der Waals surface area contributed by atoms with Gasteiger partial charge in [0, 0.05) is 49.3 Å². The molecular formula is C31H44N8S2. The van der Waals surface area contributed by atoms with Crippen LogP contribution in [0.25, 0.3) is 0 Å². The molecule has 0 saturated heterocycles. The summed E-state index contributed by atoms with van der Waals surface area (Å²) in [5.41, 5.74) is 6.68. The summed E-state index contributed by atoms with van der Waals surface area (Å²) in [4.78, 5) is 4.68. The number of azo groups is 2. The van der Waals surface area contributed by atoms with E-state index in [2.05, 4.69) is 82.5 Å². The summed E-state index contributed by atoms with van der Waals surface area (Å²) in [6.07, 6.45) is 7.46. The molecule has 0 atom stereocenters. The van der Waals surface area contributed by atoms with Gasteiger partial charge in [-0.25, -0.2) is 9.13 Å². The second kappa shape index (κ2) is 16.1. The van der Waals surface area contributed by atoms with Gasteiger partial charge < -0.3 is 24.7 Å².